The Bertz CT molecular complexity index is 37.2. The van der Waals surface area contributed by atoms with Crippen LogP contribution >= 0.6 is 0 Å². The fraction of sp³-hybridized carbons (Fsp3) is 0. The minimum Gasteiger partial charge on any atom is -0.412 e. The molecule has 0 aromatic carbocycles. The summed E-state index contributed by atoms with van der Waals surface area (Å²) < 4.78 is 0. The maximum absolute atomic E-state index is 7.17. The predicted molar refractivity (Wildman–Crippen MR) is 64.0 cm³/mol. The van der Waals surface area contributed by atoms with Crippen LogP contribution in [0.3, 0.4) is 0 Å². The third-order valence-electron chi connectivity index (χ3n) is 0. The Morgan fingerprint density at radius 2 is 0.538 bits per heavy atom. The predicted octanol–water partition coefficient (Wildman–Crippen LogP) is -8.86. The molecule has 13 heavy (non-hydrogen) atoms. The van der Waals surface area contributed by atoms with Gasteiger partial charge in [0.2, 0.25) is 0 Å². The van der Waals surface area contributed by atoms with E-state index in [0.29, 0.717) is 0 Å². The molecular formula is H17AlB2Mg3O7. The lowest BCUT2D eigenvalue weighted by Gasteiger charge is -1.69. The molecule has 0 saturated carbocycles. The van der Waals surface area contributed by atoms with Crippen molar-refractivity contribution in [2.75, 3.05) is 0 Å². The highest BCUT2D eigenvalue weighted by Crippen LogP contribution is 1.40. The molecule has 0 saturated heterocycles. The Morgan fingerprint density at radius 3 is 0.538 bits per heavy atom. The van der Waals surface area contributed by atoms with Crippen LogP contribution in [0.15, 0.2) is 0 Å². The van der Waals surface area contributed by atoms with Crippen molar-refractivity contribution < 1.29 is 35.6 Å². The van der Waals surface area contributed by atoms with Crippen LogP contribution in [0, 0.1) is 0 Å². The van der Waals surface area contributed by atoms with Crippen LogP contribution in [-0.4, -0.2) is 137 Å². The van der Waals surface area contributed by atoms with E-state index in [9.17, 15) is 0 Å². The van der Waals surface area contributed by atoms with Crippen molar-refractivity contribution in [1.29, 1.82) is 0 Å². The van der Waals surface area contributed by atoms with E-state index < -0.39 is 14.6 Å². The van der Waals surface area contributed by atoms with Crippen molar-refractivity contribution >= 4 is 101 Å². The third kappa shape index (κ3) is 328. The third-order valence-corrected chi connectivity index (χ3v) is 0. The molecule has 0 aromatic heterocycles. The van der Waals surface area contributed by atoms with E-state index in [1.54, 1.807) is 0 Å². The Hall–Kier alpha value is 2.68. The fourth-order valence-electron chi connectivity index (χ4n) is 0. The standard InChI is InChI=1S/Al.2BH3O3.3Mg.H2O.9H/c;2*2-1(3)4;;;;;;;;;;;;;/h;2*2-4H;;;;1H2;;;;;;;;;. The zero-order valence-corrected chi connectivity index (χ0v) is 4.34. The smallest absolute Gasteiger partial charge is 0.412 e. The molecule has 74 valence electrons. The molecule has 0 heterocycles. The van der Waals surface area contributed by atoms with E-state index in [-0.39, 0.29) is 92.0 Å². The first-order valence-corrected chi connectivity index (χ1v) is 1.55. The second-order valence-corrected chi connectivity index (χ2v) is 0.693. The van der Waals surface area contributed by atoms with Gasteiger partial charge < -0.3 is 35.6 Å². The Balaban J connectivity index is -0.00000000800. The Labute approximate surface area is 135 Å². The van der Waals surface area contributed by atoms with Gasteiger partial charge in [0.15, 0.2) is 17.4 Å². The number of hydrogen-bond acceptors (Lipinski definition) is 6. The van der Waals surface area contributed by atoms with Gasteiger partial charge in [-0.25, -0.2) is 0 Å². The summed E-state index contributed by atoms with van der Waals surface area (Å²) in [5, 5.41) is 43.0. The van der Waals surface area contributed by atoms with Gasteiger partial charge in [0.25, 0.3) is 0 Å². The first-order chi connectivity index (χ1) is 3.46. The Kier molecular flexibility index (Phi) is 126. The SMILES string of the molecule is O.OB(O)O.OB(O)O.[AlH3].[MgH2].[MgH2].[MgH2]. The normalized spacial score (nSPS) is 4.15. The summed E-state index contributed by atoms with van der Waals surface area (Å²) in [4.78, 5) is 0. The average Bonchev–Trinajstić information content (AvgIpc) is 1.25. The van der Waals surface area contributed by atoms with Crippen LogP contribution in [0.5, 0.6) is 0 Å². The van der Waals surface area contributed by atoms with E-state index in [0.717, 1.165) is 0 Å². The van der Waals surface area contributed by atoms with Gasteiger partial charge in [0, 0.05) is 0 Å². The summed E-state index contributed by atoms with van der Waals surface area (Å²) in [6, 6.07) is 0. The summed E-state index contributed by atoms with van der Waals surface area (Å²) in [5.41, 5.74) is 0. The monoisotopic (exact) mass is 250 g/mol. The van der Waals surface area contributed by atoms with Gasteiger partial charge in [0.05, 0.1) is 0 Å². The zero-order valence-electron chi connectivity index (χ0n) is 4.34. The maximum Gasteiger partial charge on any atom is 0.631 e. The molecule has 0 bridgehead atoms. The van der Waals surface area contributed by atoms with Gasteiger partial charge in [-0.05, 0) is 0 Å². The van der Waals surface area contributed by atoms with Crippen molar-refractivity contribution in [2.45, 2.75) is 0 Å². The quantitative estimate of drug-likeness (QED) is 0.235. The number of hydrogen-bond donors (Lipinski definition) is 6. The van der Waals surface area contributed by atoms with E-state index in [2.05, 4.69) is 0 Å². The average molecular weight is 251 g/mol. The van der Waals surface area contributed by atoms with E-state index in [4.69, 9.17) is 30.1 Å². The second-order valence-electron chi connectivity index (χ2n) is 0.693. The lowest BCUT2D eigenvalue weighted by Crippen LogP contribution is -2.07. The topological polar surface area (TPSA) is 153 Å². The molecule has 0 atom stereocenters. The maximum atomic E-state index is 7.17. The minimum absolute atomic E-state index is 0. The molecule has 0 radical (unpaired) electrons. The molecular weight excluding hydrogens is 234 g/mol. The van der Waals surface area contributed by atoms with Gasteiger partial charge in [-0.3, -0.25) is 0 Å². The van der Waals surface area contributed by atoms with Crippen molar-refractivity contribution in [2.24, 2.45) is 0 Å². The summed E-state index contributed by atoms with van der Waals surface area (Å²) in [5.74, 6) is 0. The Morgan fingerprint density at radius 1 is 0.538 bits per heavy atom. The molecule has 0 aromatic rings. The molecule has 0 aliphatic carbocycles. The van der Waals surface area contributed by atoms with Crippen LogP contribution in [0.25, 0.3) is 0 Å². The van der Waals surface area contributed by atoms with E-state index in [1.165, 1.54) is 0 Å². The van der Waals surface area contributed by atoms with Gasteiger partial charge in [-0.15, -0.1) is 0 Å². The highest BCUT2D eigenvalue weighted by molar-refractivity contribution is 6.30. The molecule has 8 N–H and O–H groups in total. The van der Waals surface area contributed by atoms with Crippen molar-refractivity contribution in [3.05, 3.63) is 0 Å². The van der Waals surface area contributed by atoms with Crippen molar-refractivity contribution in [3.63, 3.8) is 0 Å². The first-order valence-electron chi connectivity index (χ1n) is 1.55. The van der Waals surface area contributed by atoms with Gasteiger partial charge in [0.1, 0.15) is 0 Å². The molecule has 13 heteroatoms. The molecule has 0 aliphatic heterocycles. The summed E-state index contributed by atoms with van der Waals surface area (Å²) in [6.07, 6.45) is 0. The van der Waals surface area contributed by atoms with Crippen LogP contribution in [0.2, 0.25) is 0 Å². The molecule has 7 nitrogen and oxygen atoms in total. The number of rotatable bonds is 0. The van der Waals surface area contributed by atoms with E-state index >= 15 is 0 Å². The first kappa shape index (κ1) is 44.8. The summed E-state index contributed by atoms with van der Waals surface area (Å²) in [7, 11) is -4.33. The van der Waals surface area contributed by atoms with Crippen LogP contribution in [-0.2, 0) is 0 Å². The lowest BCUT2D eigenvalue weighted by atomic mass is 10.3. The molecule has 0 unspecified atom stereocenters. The largest absolute Gasteiger partial charge is 0.631 e. The fourth-order valence-corrected chi connectivity index (χ4v) is 0. The van der Waals surface area contributed by atoms with Crippen LogP contribution in [0.4, 0.5) is 0 Å². The van der Waals surface area contributed by atoms with Crippen LogP contribution < -0.4 is 0 Å². The van der Waals surface area contributed by atoms with Crippen LogP contribution in [0.1, 0.15) is 0 Å². The van der Waals surface area contributed by atoms with Crippen molar-refractivity contribution in [1.82, 2.24) is 0 Å². The van der Waals surface area contributed by atoms with Gasteiger partial charge in [-0.1, -0.05) is 0 Å². The minimum atomic E-state index is -2.17. The molecule has 0 amide bonds. The summed E-state index contributed by atoms with van der Waals surface area (Å²) in [6.45, 7) is 0. The summed E-state index contributed by atoms with van der Waals surface area (Å²) >= 11 is 0. The molecule has 0 spiro atoms. The highest BCUT2D eigenvalue weighted by atomic mass is 27.0. The van der Waals surface area contributed by atoms with Crippen molar-refractivity contribution in [3.8, 4) is 0 Å². The molecule has 0 aliphatic rings. The zero-order chi connectivity index (χ0) is 7.15. The lowest BCUT2D eigenvalue weighted by molar-refractivity contribution is 0.276. The molecule has 0 rings (SSSR count). The van der Waals surface area contributed by atoms with Gasteiger partial charge >= 0.3 is 83.8 Å². The van der Waals surface area contributed by atoms with E-state index in [1.807, 2.05) is 0 Å². The second kappa shape index (κ2) is 36.5. The highest BCUT2D eigenvalue weighted by Gasteiger charge is 1.93. The van der Waals surface area contributed by atoms with Gasteiger partial charge in [-0.2, -0.15) is 0 Å². The molecule has 0 fully saturated rings.